The van der Waals surface area contributed by atoms with Gasteiger partial charge in [-0.15, -0.1) is 0 Å². The maximum atomic E-state index is 13.2. The highest BCUT2D eigenvalue weighted by Crippen LogP contribution is 2.06. The van der Waals surface area contributed by atoms with E-state index in [1.807, 2.05) is 0 Å². The van der Waals surface area contributed by atoms with Crippen LogP contribution in [-0.2, 0) is 24.0 Å². The molecule has 0 saturated heterocycles. The van der Waals surface area contributed by atoms with Crippen molar-refractivity contribution in [3.63, 3.8) is 0 Å². The number of aliphatic carboxylic acids is 1. The van der Waals surface area contributed by atoms with Gasteiger partial charge in [0, 0.05) is 13.1 Å². The Hall–Kier alpha value is -3.80. The van der Waals surface area contributed by atoms with Gasteiger partial charge in [0.2, 0.25) is 23.6 Å². The van der Waals surface area contributed by atoms with Crippen LogP contribution in [-0.4, -0.2) is 95.9 Å². The number of hydrogen-bond donors (Lipinski definition) is 10. The third kappa shape index (κ3) is 16.6. The molecule has 0 heterocycles. The fourth-order valence-corrected chi connectivity index (χ4v) is 3.62. The number of carbonyl (C=O) groups excluding carboxylic acids is 4. The molecule has 4 unspecified atom stereocenters. The lowest BCUT2D eigenvalue weighted by atomic mass is 10.1. The van der Waals surface area contributed by atoms with Crippen LogP contribution < -0.4 is 50.4 Å². The van der Waals surface area contributed by atoms with Gasteiger partial charge in [-0.2, -0.15) is 11.8 Å². The zero-order valence-corrected chi connectivity index (χ0v) is 22.7. The van der Waals surface area contributed by atoms with E-state index < -0.39 is 60.2 Å². The lowest BCUT2D eigenvalue weighted by Gasteiger charge is -2.25. The number of thioether (sulfide) groups is 1. The van der Waals surface area contributed by atoms with Gasteiger partial charge in [0.15, 0.2) is 11.9 Å². The Morgan fingerprint density at radius 2 is 1.21 bits per heavy atom. The molecular formula is C21H41N11O6S. The van der Waals surface area contributed by atoms with Crippen LogP contribution in [0.15, 0.2) is 9.98 Å². The predicted molar refractivity (Wildman–Crippen MR) is 148 cm³/mol. The molecule has 39 heavy (non-hydrogen) atoms. The quantitative estimate of drug-likeness (QED) is 0.0373. The van der Waals surface area contributed by atoms with E-state index in [1.54, 1.807) is 6.26 Å². The Balaban J connectivity index is 5.56. The standard InChI is InChI=1S/C21H41N11O6S/c1-39-9-6-13(18(36)32-14(19(37)38)10-15(23)33)31-17(35)12(5-3-8-29-21(26)27)30-16(34)11(22)4-2-7-28-20(24)25/h11-14H,2-10,22H2,1H3,(H2,23,33)(H,30,34)(H,31,35)(H,32,36)(H,37,38)(H4,24,25,28)(H4,26,27,29). The summed E-state index contributed by atoms with van der Waals surface area (Å²) in [5.74, 6) is -4.32. The van der Waals surface area contributed by atoms with Gasteiger partial charge >= 0.3 is 5.97 Å². The third-order valence-electron chi connectivity index (χ3n) is 5.15. The van der Waals surface area contributed by atoms with Crippen LogP contribution in [0.25, 0.3) is 0 Å². The van der Waals surface area contributed by atoms with E-state index in [-0.39, 0.29) is 44.3 Å². The van der Waals surface area contributed by atoms with Gasteiger partial charge in [-0.25, -0.2) is 4.79 Å². The normalized spacial score (nSPS) is 13.6. The van der Waals surface area contributed by atoms with Crippen molar-refractivity contribution in [1.29, 1.82) is 0 Å². The van der Waals surface area contributed by atoms with Gasteiger partial charge in [0.25, 0.3) is 0 Å². The van der Waals surface area contributed by atoms with Gasteiger partial charge in [-0.3, -0.25) is 29.2 Å². The second kappa shape index (κ2) is 19.3. The molecule has 0 aromatic heterocycles. The van der Waals surface area contributed by atoms with Crippen LogP contribution >= 0.6 is 11.8 Å². The molecule has 0 fully saturated rings. The lowest BCUT2D eigenvalue weighted by Crippen LogP contribution is -2.57. The number of rotatable bonds is 20. The molecular weight excluding hydrogens is 534 g/mol. The van der Waals surface area contributed by atoms with Crippen LogP contribution in [0.5, 0.6) is 0 Å². The highest BCUT2D eigenvalue weighted by molar-refractivity contribution is 7.98. The van der Waals surface area contributed by atoms with Crippen LogP contribution in [0.1, 0.15) is 38.5 Å². The van der Waals surface area contributed by atoms with Crippen LogP contribution in [0.4, 0.5) is 0 Å². The number of hydrogen-bond acceptors (Lipinski definition) is 9. The molecule has 4 amide bonds. The molecule has 18 heteroatoms. The smallest absolute Gasteiger partial charge is 0.326 e. The molecule has 0 aliphatic rings. The summed E-state index contributed by atoms with van der Waals surface area (Å²) >= 11 is 1.39. The number of carboxylic acid groups (broad SMARTS) is 1. The van der Waals surface area contributed by atoms with E-state index in [4.69, 9.17) is 34.4 Å². The third-order valence-corrected chi connectivity index (χ3v) is 5.79. The maximum Gasteiger partial charge on any atom is 0.326 e. The molecule has 0 rings (SSSR count). The monoisotopic (exact) mass is 575 g/mol. The Morgan fingerprint density at radius 1 is 0.744 bits per heavy atom. The van der Waals surface area contributed by atoms with Crippen molar-refractivity contribution < 1.29 is 29.1 Å². The second-order valence-electron chi connectivity index (χ2n) is 8.48. The zero-order valence-electron chi connectivity index (χ0n) is 21.9. The molecule has 0 spiro atoms. The molecule has 0 bridgehead atoms. The fourth-order valence-electron chi connectivity index (χ4n) is 3.15. The molecule has 0 aromatic carbocycles. The summed E-state index contributed by atoms with van der Waals surface area (Å²) in [5.41, 5.74) is 32.2. The van der Waals surface area contributed by atoms with Crippen LogP contribution in [0.3, 0.4) is 0 Å². The van der Waals surface area contributed by atoms with Crippen molar-refractivity contribution in [1.82, 2.24) is 16.0 Å². The molecule has 4 atom stereocenters. The van der Waals surface area contributed by atoms with Crippen LogP contribution in [0, 0.1) is 0 Å². The minimum atomic E-state index is -1.57. The Bertz CT molecular complexity index is 894. The van der Waals surface area contributed by atoms with Crippen molar-refractivity contribution in [2.45, 2.75) is 62.7 Å². The SMILES string of the molecule is CSCCC(NC(=O)C(CCCN=C(N)N)NC(=O)C(N)CCCN=C(N)N)C(=O)NC(CC(N)=O)C(=O)O. The number of nitrogens with two attached hydrogens (primary N) is 6. The van der Waals surface area contributed by atoms with E-state index in [2.05, 4.69) is 25.9 Å². The Labute approximate surface area is 230 Å². The highest BCUT2D eigenvalue weighted by Gasteiger charge is 2.30. The molecule has 0 radical (unpaired) electrons. The average molecular weight is 576 g/mol. The topological polar surface area (TPSA) is 323 Å². The number of nitrogens with one attached hydrogen (secondary N) is 3. The second-order valence-corrected chi connectivity index (χ2v) is 9.46. The largest absolute Gasteiger partial charge is 0.480 e. The van der Waals surface area contributed by atoms with Gasteiger partial charge < -0.3 is 55.5 Å². The molecule has 0 saturated carbocycles. The molecule has 0 aliphatic carbocycles. The number of carboxylic acids is 1. The lowest BCUT2D eigenvalue weighted by molar-refractivity contribution is -0.143. The van der Waals surface area contributed by atoms with E-state index >= 15 is 0 Å². The van der Waals surface area contributed by atoms with Crippen molar-refractivity contribution in [2.24, 2.45) is 44.4 Å². The summed E-state index contributed by atoms with van der Waals surface area (Å²) in [7, 11) is 0. The summed E-state index contributed by atoms with van der Waals surface area (Å²) < 4.78 is 0. The summed E-state index contributed by atoms with van der Waals surface area (Å²) in [5, 5.41) is 16.6. The number of guanidine groups is 2. The van der Waals surface area contributed by atoms with E-state index in [0.29, 0.717) is 18.6 Å². The first-order valence-corrected chi connectivity index (χ1v) is 13.4. The molecule has 17 nitrogen and oxygen atoms in total. The summed E-state index contributed by atoms with van der Waals surface area (Å²) in [6.07, 6.45) is 2.35. The Kier molecular flexibility index (Phi) is 17.4. The predicted octanol–water partition coefficient (Wildman–Crippen LogP) is -4.41. The number of carbonyl (C=O) groups is 5. The first kappa shape index (κ1) is 35.2. The summed E-state index contributed by atoms with van der Waals surface area (Å²) in [6, 6.07) is -4.81. The highest BCUT2D eigenvalue weighted by atomic mass is 32.2. The number of primary amides is 1. The number of amides is 4. The first-order valence-electron chi connectivity index (χ1n) is 12.1. The minimum absolute atomic E-state index is 0.0881. The van der Waals surface area contributed by atoms with Crippen molar-refractivity contribution in [2.75, 3.05) is 25.1 Å². The maximum absolute atomic E-state index is 13.2. The average Bonchev–Trinajstić information content (AvgIpc) is 2.84. The molecule has 0 aliphatic heterocycles. The van der Waals surface area contributed by atoms with E-state index in [9.17, 15) is 29.1 Å². The van der Waals surface area contributed by atoms with Gasteiger partial charge in [0.05, 0.1) is 12.5 Å². The summed E-state index contributed by atoms with van der Waals surface area (Å²) in [4.78, 5) is 68.9. The number of aliphatic imine (C=N–C) groups is 2. The zero-order chi connectivity index (χ0) is 30.0. The van der Waals surface area contributed by atoms with E-state index in [1.165, 1.54) is 11.8 Å². The van der Waals surface area contributed by atoms with E-state index in [0.717, 1.165) is 0 Å². The molecule has 16 N–H and O–H groups in total. The minimum Gasteiger partial charge on any atom is -0.480 e. The summed E-state index contributed by atoms with van der Waals surface area (Å²) in [6.45, 7) is 0.446. The molecule has 0 aromatic rings. The van der Waals surface area contributed by atoms with Crippen molar-refractivity contribution >= 4 is 53.3 Å². The van der Waals surface area contributed by atoms with Gasteiger partial charge in [-0.05, 0) is 44.1 Å². The van der Waals surface area contributed by atoms with Crippen LogP contribution in [0.2, 0.25) is 0 Å². The van der Waals surface area contributed by atoms with Gasteiger partial charge in [-0.1, -0.05) is 0 Å². The van der Waals surface area contributed by atoms with Crippen molar-refractivity contribution in [3.8, 4) is 0 Å². The fraction of sp³-hybridized carbons (Fsp3) is 0.667. The number of nitrogens with zero attached hydrogens (tertiary/aromatic N) is 2. The van der Waals surface area contributed by atoms with Gasteiger partial charge in [0.1, 0.15) is 18.1 Å². The Morgan fingerprint density at radius 3 is 1.67 bits per heavy atom. The first-order chi connectivity index (χ1) is 18.3. The molecule has 222 valence electrons. The van der Waals surface area contributed by atoms with Crippen molar-refractivity contribution in [3.05, 3.63) is 0 Å².